The van der Waals surface area contributed by atoms with Gasteiger partial charge in [-0.1, -0.05) is 13.8 Å². The average molecular weight is 290 g/mol. The number of nitrogens with two attached hydrogens (primary N) is 1. The highest BCUT2D eigenvalue weighted by atomic mass is 79.9. The first kappa shape index (κ1) is 13.7. The van der Waals surface area contributed by atoms with Gasteiger partial charge >= 0.3 is 0 Å². The number of ether oxygens (including phenoxy) is 1. The minimum absolute atomic E-state index is 0.0108. The Balaban J connectivity index is 2.94. The van der Waals surface area contributed by atoms with Gasteiger partial charge in [-0.15, -0.1) is 0 Å². The first-order valence-corrected chi connectivity index (χ1v) is 6.32. The standard InChI is InChI=1S/C11H20BrN3O/c1-5-16-11(7(2)3)9(13)10-8(12)6-14-15(10)4/h6-7,9,11H,5,13H2,1-4H3. The Morgan fingerprint density at radius 1 is 1.56 bits per heavy atom. The third-order valence-corrected chi connectivity index (χ3v) is 3.23. The van der Waals surface area contributed by atoms with Crippen molar-refractivity contribution in [2.75, 3.05) is 6.61 Å². The van der Waals surface area contributed by atoms with Crippen LogP contribution in [0.3, 0.4) is 0 Å². The van der Waals surface area contributed by atoms with Crippen LogP contribution in [0.15, 0.2) is 10.7 Å². The van der Waals surface area contributed by atoms with E-state index in [1.807, 2.05) is 14.0 Å². The summed E-state index contributed by atoms with van der Waals surface area (Å²) in [5.74, 6) is 0.372. The van der Waals surface area contributed by atoms with Crippen molar-refractivity contribution in [2.24, 2.45) is 18.7 Å². The maximum atomic E-state index is 6.26. The number of hydrogen-bond donors (Lipinski definition) is 1. The molecular weight excluding hydrogens is 270 g/mol. The van der Waals surface area contributed by atoms with Gasteiger partial charge in [-0.2, -0.15) is 5.10 Å². The summed E-state index contributed by atoms with van der Waals surface area (Å²) in [6.07, 6.45) is 1.77. The van der Waals surface area contributed by atoms with E-state index in [9.17, 15) is 0 Å². The van der Waals surface area contributed by atoms with Gasteiger partial charge in [0.1, 0.15) is 0 Å². The van der Waals surface area contributed by atoms with E-state index in [0.29, 0.717) is 12.5 Å². The van der Waals surface area contributed by atoms with Gasteiger partial charge in [-0.3, -0.25) is 4.68 Å². The molecule has 0 aliphatic carbocycles. The van der Waals surface area contributed by atoms with Gasteiger partial charge in [0.2, 0.25) is 0 Å². The van der Waals surface area contributed by atoms with Crippen LogP contribution in [0.25, 0.3) is 0 Å². The lowest BCUT2D eigenvalue weighted by Crippen LogP contribution is -2.35. The van der Waals surface area contributed by atoms with Crippen molar-refractivity contribution in [3.63, 3.8) is 0 Å². The van der Waals surface area contributed by atoms with Gasteiger partial charge in [-0.25, -0.2) is 0 Å². The number of hydrogen-bond acceptors (Lipinski definition) is 3. The minimum Gasteiger partial charge on any atom is -0.376 e. The largest absolute Gasteiger partial charge is 0.376 e. The molecule has 0 saturated heterocycles. The van der Waals surface area contributed by atoms with E-state index in [4.69, 9.17) is 10.5 Å². The molecule has 1 aromatic rings. The fourth-order valence-corrected chi connectivity index (χ4v) is 2.47. The molecule has 16 heavy (non-hydrogen) atoms. The van der Waals surface area contributed by atoms with Crippen LogP contribution in [0.2, 0.25) is 0 Å². The van der Waals surface area contributed by atoms with Gasteiger partial charge < -0.3 is 10.5 Å². The highest BCUT2D eigenvalue weighted by molar-refractivity contribution is 9.10. The molecule has 1 rings (SSSR count). The van der Waals surface area contributed by atoms with Crippen molar-refractivity contribution in [1.29, 1.82) is 0 Å². The maximum Gasteiger partial charge on any atom is 0.0805 e. The molecule has 0 fully saturated rings. The zero-order valence-electron chi connectivity index (χ0n) is 10.3. The Kier molecular flexibility index (Phi) is 4.95. The summed E-state index contributed by atoms with van der Waals surface area (Å²) in [6, 6.07) is -0.165. The van der Waals surface area contributed by atoms with E-state index in [-0.39, 0.29) is 12.1 Å². The lowest BCUT2D eigenvalue weighted by molar-refractivity contribution is 0.0103. The number of aryl methyl sites for hydroxylation is 1. The van der Waals surface area contributed by atoms with E-state index in [2.05, 4.69) is 34.9 Å². The second-order valence-electron chi connectivity index (χ2n) is 4.19. The maximum absolute atomic E-state index is 6.26. The third-order valence-electron chi connectivity index (χ3n) is 2.62. The zero-order chi connectivity index (χ0) is 12.3. The lowest BCUT2D eigenvalue weighted by Gasteiger charge is -2.27. The molecule has 0 bridgehead atoms. The van der Waals surface area contributed by atoms with Crippen molar-refractivity contribution in [3.05, 3.63) is 16.4 Å². The summed E-state index contributed by atoms with van der Waals surface area (Å²) in [5.41, 5.74) is 7.24. The summed E-state index contributed by atoms with van der Waals surface area (Å²) in [5, 5.41) is 4.17. The quantitative estimate of drug-likeness (QED) is 0.905. The molecule has 0 saturated carbocycles. The van der Waals surface area contributed by atoms with Crippen molar-refractivity contribution < 1.29 is 4.74 Å². The highest BCUT2D eigenvalue weighted by Gasteiger charge is 2.27. The number of halogens is 1. The van der Waals surface area contributed by atoms with Gasteiger partial charge in [-0.05, 0) is 28.8 Å². The molecule has 0 amide bonds. The molecule has 1 aromatic heterocycles. The van der Waals surface area contributed by atoms with Crippen LogP contribution < -0.4 is 5.73 Å². The Labute approximate surface area is 105 Å². The van der Waals surface area contributed by atoms with Crippen molar-refractivity contribution in [1.82, 2.24) is 9.78 Å². The summed E-state index contributed by atoms with van der Waals surface area (Å²) in [6.45, 7) is 6.89. The molecular formula is C11H20BrN3O. The fourth-order valence-electron chi connectivity index (χ4n) is 1.85. The summed E-state index contributed by atoms with van der Waals surface area (Å²) in [7, 11) is 1.89. The van der Waals surface area contributed by atoms with E-state index >= 15 is 0 Å². The predicted molar refractivity (Wildman–Crippen MR) is 68.1 cm³/mol. The molecule has 0 aliphatic heterocycles. The summed E-state index contributed by atoms with van der Waals surface area (Å²) >= 11 is 3.47. The molecule has 2 N–H and O–H groups in total. The van der Waals surface area contributed by atoms with Gasteiger partial charge in [0.15, 0.2) is 0 Å². The first-order chi connectivity index (χ1) is 7.49. The van der Waals surface area contributed by atoms with E-state index in [1.54, 1.807) is 10.9 Å². The summed E-state index contributed by atoms with van der Waals surface area (Å²) < 4.78 is 8.44. The smallest absolute Gasteiger partial charge is 0.0805 e. The second-order valence-corrected chi connectivity index (χ2v) is 5.05. The van der Waals surface area contributed by atoms with Crippen LogP contribution in [0.5, 0.6) is 0 Å². The Bertz CT molecular complexity index is 318. The molecule has 2 unspecified atom stereocenters. The molecule has 0 radical (unpaired) electrons. The molecule has 92 valence electrons. The fraction of sp³-hybridized carbons (Fsp3) is 0.727. The Morgan fingerprint density at radius 2 is 2.19 bits per heavy atom. The number of aromatic nitrogens is 2. The first-order valence-electron chi connectivity index (χ1n) is 5.53. The van der Waals surface area contributed by atoms with Gasteiger partial charge in [0, 0.05) is 13.7 Å². The van der Waals surface area contributed by atoms with Crippen LogP contribution in [0.1, 0.15) is 32.5 Å². The lowest BCUT2D eigenvalue weighted by atomic mass is 9.97. The van der Waals surface area contributed by atoms with E-state index < -0.39 is 0 Å². The predicted octanol–water partition coefficient (Wildman–Crippen LogP) is 2.24. The normalized spacial score (nSPS) is 15.4. The molecule has 0 aromatic carbocycles. The summed E-state index contributed by atoms with van der Waals surface area (Å²) in [4.78, 5) is 0. The van der Waals surface area contributed by atoms with Crippen LogP contribution >= 0.6 is 15.9 Å². The zero-order valence-corrected chi connectivity index (χ0v) is 11.9. The monoisotopic (exact) mass is 289 g/mol. The second kappa shape index (κ2) is 5.80. The topological polar surface area (TPSA) is 53.1 Å². The van der Waals surface area contributed by atoms with Gasteiger partial charge in [0.25, 0.3) is 0 Å². The van der Waals surface area contributed by atoms with Crippen LogP contribution in [-0.2, 0) is 11.8 Å². The van der Waals surface area contributed by atoms with Crippen LogP contribution in [-0.4, -0.2) is 22.5 Å². The SMILES string of the molecule is CCOC(C(C)C)C(N)c1c(Br)cnn1C. The van der Waals surface area contributed by atoms with Crippen molar-refractivity contribution in [3.8, 4) is 0 Å². The van der Waals surface area contributed by atoms with Crippen molar-refractivity contribution in [2.45, 2.75) is 32.9 Å². The van der Waals surface area contributed by atoms with E-state index in [0.717, 1.165) is 10.2 Å². The Morgan fingerprint density at radius 3 is 2.56 bits per heavy atom. The molecule has 5 heteroatoms. The third kappa shape index (κ3) is 2.84. The Hall–Kier alpha value is -0.390. The van der Waals surface area contributed by atoms with Crippen LogP contribution in [0, 0.1) is 5.92 Å². The number of nitrogens with zero attached hydrogens (tertiary/aromatic N) is 2. The number of rotatable bonds is 5. The highest BCUT2D eigenvalue weighted by Crippen LogP contribution is 2.27. The molecule has 2 atom stereocenters. The van der Waals surface area contributed by atoms with E-state index in [1.165, 1.54) is 0 Å². The minimum atomic E-state index is -0.165. The molecule has 0 aliphatic rings. The van der Waals surface area contributed by atoms with Gasteiger partial charge in [0.05, 0.1) is 28.5 Å². The molecule has 0 spiro atoms. The molecule has 4 nitrogen and oxygen atoms in total. The van der Waals surface area contributed by atoms with Crippen LogP contribution in [0.4, 0.5) is 0 Å². The average Bonchev–Trinajstić information content (AvgIpc) is 2.54. The molecule has 1 heterocycles. The van der Waals surface area contributed by atoms with Crippen molar-refractivity contribution >= 4 is 15.9 Å².